The van der Waals surface area contributed by atoms with Gasteiger partial charge in [-0.25, -0.2) is 8.42 Å². The van der Waals surface area contributed by atoms with Crippen LogP contribution >= 0.6 is 0 Å². The van der Waals surface area contributed by atoms with Crippen molar-refractivity contribution in [3.05, 3.63) is 5.82 Å². The summed E-state index contributed by atoms with van der Waals surface area (Å²) in [6.45, 7) is 1.64. The molecule has 0 saturated heterocycles. The number of aryl methyl sites for hydroxylation is 1. The molecule has 0 aliphatic heterocycles. The first-order chi connectivity index (χ1) is 6.14. The first-order valence-electron chi connectivity index (χ1n) is 4.07. The van der Waals surface area contributed by atoms with Crippen molar-refractivity contribution in [2.24, 2.45) is 0 Å². The Labute approximate surface area is 76.7 Å². The van der Waals surface area contributed by atoms with Gasteiger partial charge >= 0.3 is 0 Å². The lowest BCUT2D eigenvalue weighted by Crippen LogP contribution is -2.09. The molecule has 0 bridgehead atoms. The van der Waals surface area contributed by atoms with Crippen molar-refractivity contribution >= 4 is 9.84 Å². The quantitative estimate of drug-likeness (QED) is 0.702. The second kappa shape index (κ2) is 4.31. The molecule has 0 aliphatic rings. The van der Waals surface area contributed by atoms with Crippen molar-refractivity contribution in [3.8, 4) is 0 Å². The molecule has 0 radical (unpaired) electrons. The molecule has 0 spiro atoms. The van der Waals surface area contributed by atoms with Gasteiger partial charge in [0, 0.05) is 12.2 Å². The van der Waals surface area contributed by atoms with E-state index in [1.54, 1.807) is 6.92 Å². The van der Waals surface area contributed by atoms with E-state index < -0.39 is 9.84 Å². The molecule has 13 heavy (non-hydrogen) atoms. The fourth-order valence-electron chi connectivity index (χ4n) is 0.883. The highest BCUT2D eigenvalue weighted by Gasteiger charge is 2.07. The van der Waals surface area contributed by atoms with Gasteiger partial charge in [0.05, 0.1) is 5.75 Å². The van der Waals surface area contributed by atoms with Gasteiger partial charge in [0.1, 0.15) is 9.84 Å². The lowest BCUT2D eigenvalue weighted by Gasteiger charge is -1.97. The molecule has 0 aromatic carbocycles. The largest absolute Gasteiger partial charge is 0.229 e. The lowest BCUT2D eigenvalue weighted by molar-refractivity contribution is 0.594. The molecule has 1 rings (SSSR count). The van der Waals surface area contributed by atoms with Gasteiger partial charge in [-0.15, -0.1) is 10.2 Å². The Morgan fingerprint density at radius 2 is 2.23 bits per heavy atom. The topological polar surface area (TPSA) is 88.6 Å². The van der Waals surface area contributed by atoms with Crippen molar-refractivity contribution in [2.45, 2.75) is 19.8 Å². The summed E-state index contributed by atoms with van der Waals surface area (Å²) in [4.78, 5) is 0. The molecule has 6 nitrogen and oxygen atoms in total. The standard InChI is InChI=1S/C6H12N4O2S/c1-2-13(11,12)5-3-4-6-7-9-10-8-6/h2-5H2,1H3,(H,7,8,9,10). The van der Waals surface area contributed by atoms with E-state index >= 15 is 0 Å². The van der Waals surface area contributed by atoms with E-state index in [1.807, 2.05) is 0 Å². The average molecular weight is 204 g/mol. The summed E-state index contributed by atoms with van der Waals surface area (Å²) in [7, 11) is -2.86. The number of tetrazole rings is 1. The zero-order chi connectivity index (χ0) is 9.73. The molecule has 0 fully saturated rings. The third-order valence-corrected chi connectivity index (χ3v) is 3.48. The Hall–Kier alpha value is -0.980. The molecule has 0 saturated carbocycles. The number of aromatic amines is 1. The fraction of sp³-hybridized carbons (Fsp3) is 0.833. The van der Waals surface area contributed by atoms with E-state index in [-0.39, 0.29) is 11.5 Å². The number of H-pyrrole nitrogens is 1. The van der Waals surface area contributed by atoms with Gasteiger partial charge in [-0.05, 0) is 6.42 Å². The van der Waals surface area contributed by atoms with E-state index in [0.717, 1.165) is 0 Å². The summed E-state index contributed by atoms with van der Waals surface area (Å²) in [5.41, 5.74) is 0. The Bertz CT molecular complexity index is 332. The Morgan fingerprint density at radius 3 is 2.77 bits per heavy atom. The first-order valence-corrected chi connectivity index (χ1v) is 5.89. The summed E-state index contributed by atoms with van der Waals surface area (Å²) in [6, 6.07) is 0. The number of sulfone groups is 1. The first kappa shape index (κ1) is 10.1. The monoisotopic (exact) mass is 204 g/mol. The molecule has 0 unspecified atom stereocenters. The van der Waals surface area contributed by atoms with Crippen molar-refractivity contribution in [1.29, 1.82) is 0 Å². The highest BCUT2D eigenvalue weighted by Crippen LogP contribution is 1.97. The van der Waals surface area contributed by atoms with Crippen molar-refractivity contribution in [3.63, 3.8) is 0 Å². The van der Waals surface area contributed by atoms with Gasteiger partial charge in [0.2, 0.25) is 0 Å². The van der Waals surface area contributed by atoms with Crippen molar-refractivity contribution in [2.75, 3.05) is 11.5 Å². The van der Waals surface area contributed by atoms with Crippen LogP contribution in [0.25, 0.3) is 0 Å². The van der Waals surface area contributed by atoms with Crippen LogP contribution in [0, 0.1) is 0 Å². The normalized spacial score (nSPS) is 11.8. The number of nitrogens with zero attached hydrogens (tertiary/aromatic N) is 3. The van der Waals surface area contributed by atoms with Gasteiger partial charge in [0.25, 0.3) is 0 Å². The molecular formula is C6H12N4O2S. The van der Waals surface area contributed by atoms with Gasteiger partial charge in [-0.1, -0.05) is 12.1 Å². The van der Waals surface area contributed by atoms with Crippen LogP contribution in [-0.4, -0.2) is 40.5 Å². The Kier molecular flexibility index (Phi) is 3.35. The summed E-state index contributed by atoms with van der Waals surface area (Å²) >= 11 is 0. The zero-order valence-corrected chi connectivity index (χ0v) is 8.21. The summed E-state index contributed by atoms with van der Waals surface area (Å²) < 4.78 is 22.1. The number of hydrogen-bond donors (Lipinski definition) is 1. The van der Waals surface area contributed by atoms with E-state index in [2.05, 4.69) is 20.6 Å². The maximum atomic E-state index is 11.1. The van der Waals surface area contributed by atoms with Crippen LogP contribution in [0.2, 0.25) is 0 Å². The summed E-state index contributed by atoms with van der Waals surface area (Å²) in [6.07, 6.45) is 1.10. The Balaban J connectivity index is 2.30. The van der Waals surface area contributed by atoms with Crippen LogP contribution in [-0.2, 0) is 16.3 Å². The molecule has 7 heteroatoms. The molecule has 74 valence electrons. The number of nitrogens with one attached hydrogen (secondary N) is 1. The maximum Gasteiger partial charge on any atom is 0.174 e. The zero-order valence-electron chi connectivity index (χ0n) is 7.39. The molecule has 1 heterocycles. The van der Waals surface area contributed by atoms with Crippen molar-refractivity contribution < 1.29 is 8.42 Å². The molecular weight excluding hydrogens is 192 g/mol. The molecule has 1 aromatic rings. The van der Waals surface area contributed by atoms with E-state index in [0.29, 0.717) is 18.7 Å². The molecule has 0 atom stereocenters. The molecule has 1 N–H and O–H groups in total. The summed E-state index contributed by atoms with van der Waals surface area (Å²) in [5, 5.41) is 13.1. The summed E-state index contributed by atoms with van der Waals surface area (Å²) in [5.74, 6) is 0.948. The minimum atomic E-state index is -2.86. The predicted molar refractivity (Wildman–Crippen MR) is 46.8 cm³/mol. The van der Waals surface area contributed by atoms with Crippen LogP contribution in [0.5, 0.6) is 0 Å². The number of hydrogen-bond acceptors (Lipinski definition) is 5. The third kappa shape index (κ3) is 3.49. The minimum absolute atomic E-state index is 0.192. The average Bonchev–Trinajstić information content (AvgIpc) is 2.57. The molecule has 0 amide bonds. The van der Waals surface area contributed by atoms with E-state index in [4.69, 9.17) is 0 Å². The fourth-order valence-corrected chi connectivity index (χ4v) is 1.76. The van der Waals surface area contributed by atoms with Gasteiger partial charge in [0.15, 0.2) is 5.82 Å². The van der Waals surface area contributed by atoms with Crippen molar-refractivity contribution in [1.82, 2.24) is 20.6 Å². The highest BCUT2D eigenvalue weighted by molar-refractivity contribution is 7.91. The van der Waals surface area contributed by atoms with E-state index in [9.17, 15) is 8.42 Å². The SMILES string of the molecule is CCS(=O)(=O)CCCc1nn[nH]n1. The van der Waals surface area contributed by atoms with E-state index in [1.165, 1.54) is 0 Å². The number of aromatic nitrogens is 4. The van der Waals surface area contributed by atoms with Crippen LogP contribution in [0.3, 0.4) is 0 Å². The van der Waals surface area contributed by atoms with Gasteiger partial charge in [-0.3, -0.25) is 0 Å². The third-order valence-electron chi connectivity index (χ3n) is 1.68. The highest BCUT2D eigenvalue weighted by atomic mass is 32.2. The van der Waals surface area contributed by atoms with Gasteiger partial charge in [-0.2, -0.15) is 5.21 Å². The second-order valence-corrected chi connectivity index (χ2v) is 5.14. The van der Waals surface area contributed by atoms with Gasteiger partial charge < -0.3 is 0 Å². The lowest BCUT2D eigenvalue weighted by atomic mass is 10.3. The maximum absolute atomic E-state index is 11.1. The van der Waals surface area contributed by atoms with Crippen LogP contribution < -0.4 is 0 Å². The van der Waals surface area contributed by atoms with Crippen LogP contribution in [0.4, 0.5) is 0 Å². The minimum Gasteiger partial charge on any atom is -0.229 e. The predicted octanol–water partition coefficient (Wildman–Crippen LogP) is -0.433. The molecule has 0 aliphatic carbocycles. The Morgan fingerprint density at radius 1 is 1.46 bits per heavy atom. The van der Waals surface area contributed by atoms with Crippen LogP contribution in [0.15, 0.2) is 0 Å². The second-order valence-electron chi connectivity index (χ2n) is 2.67. The molecule has 1 aromatic heterocycles. The number of rotatable bonds is 5. The van der Waals surface area contributed by atoms with Crippen LogP contribution in [0.1, 0.15) is 19.2 Å². The smallest absolute Gasteiger partial charge is 0.174 e.